The monoisotopic (exact) mass is 235 g/mol. The van der Waals surface area contributed by atoms with Crippen molar-refractivity contribution in [3.63, 3.8) is 0 Å². The lowest BCUT2D eigenvalue weighted by molar-refractivity contribution is 0.313. The third kappa shape index (κ3) is 2.69. The van der Waals surface area contributed by atoms with Crippen LogP contribution in [0.5, 0.6) is 0 Å². The van der Waals surface area contributed by atoms with Crippen LogP contribution in [0.25, 0.3) is 0 Å². The maximum Gasteiger partial charge on any atom is 0.281 e. The van der Waals surface area contributed by atoms with Gasteiger partial charge in [-0.1, -0.05) is 6.92 Å². The molecule has 1 rings (SSSR count). The number of rotatable bonds is 6. The van der Waals surface area contributed by atoms with Crippen LogP contribution in [0.1, 0.15) is 19.8 Å². The SMILES string of the molecule is CCN(C)S(=O)(=O)N(C)C(CN)C1CC1. The van der Waals surface area contributed by atoms with Gasteiger partial charge >= 0.3 is 0 Å². The summed E-state index contributed by atoms with van der Waals surface area (Å²) < 4.78 is 26.8. The third-order valence-corrected chi connectivity index (χ3v) is 5.12. The first-order chi connectivity index (χ1) is 6.95. The Morgan fingerprint density at radius 1 is 1.40 bits per heavy atom. The van der Waals surface area contributed by atoms with Crippen molar-refractivity contribution >= 4 is 10.2 Å². The average molecular weight is 235 g/mol. The average Bonchev–Trinajstić information content (AvgIpc) is 3.01. The zero-order valence-electron chi connectivity index (χ0n) is 9.68. The first-order valence-corrected chi connectivity index (χ1v) is 6.74. The number of nitrogens with two attached hydrogens (primary N) is 1. The van der Waals surface area contributed by atoms with Crippen molar-refractivity contribution in [1.82, 2.24) is 8.61 Å². The van der Waals surface area contributed by atoms with Gasteiger partial charge in [0.15, 0.2) is 0 Å². The second-order valence-electron chi connectivity index (χ2n) is 4.08. The number of likely N-dealkylation sites (N-methyl/N-ethyl adjacent to an activating group) is 1. The largest absolute Gasteiger partial charge is 0.329 e. The van der Waals surface area contributed by atoms with Crippen molar-refractivity contribution in [3.05, 3.63) is 0 Å². The second kappa shape index (κ2) is 4.78. The molecule has 2 N–H and O–H groups in total. The molecule has 15 heavy (non-hydrogen) atoms. The first-order valence-electron chi connectivity index (χ1n) is 5.34. The molecule has 1 unspecified atom stereocenters. The Morgan fingerprint density at radius 3 is 2.27 bits per heavy atom. The molecule has 90 valence electrons. The molecule has 1 aliphatic rings. The van der Waals surface area contributed by atoms with Crippen molar-refractivity contribution in [3.8, 4) is 0 Å². The van der Waals surface area contributed by atoms with Crippen LogP contribution < -0.4 is 5.73 Å². The molecule has 0 heterocycles. The molecule has 1 saturated carbocycles. The summed E-state index contributed by atoms with van der Waals surface area (Å²) in [7, 11) is -0.107. The molecule has 0 bridgehead atoms. The van der Waals surface area contributed by atoms with Crippen LogP contribution in [-0.2, 0) is 10.2 Å². The molecule has 0 aromatic rings. The minimum absolute atomic E-state index is 0.0380. The van der Waals surface area contributed by atoms with Gasteiger partial charge in [0.1, 0.15) is 0 Å². The molecule has 0 radical (unpaired) electrons. The lowest BCUT2D eigenvalue weighted by Crippen LogP contribution is -2.48. The van der Waals surface area contributed by atoms with E-state index in [1.165, 1.54) is 8.61 Å². The predicted octanol–water partition coefficient (Wildman–Crippen LogP) is -0.148. The lowest BCUT2D eigenvalue weighted by Gasteiger charge is -2.29. The first kappa shape index (κ1) is 12.9. The molecule has 0 saturated heterocycles. The van der Waals surface area contributed by atoms with Crippen molar-refractivity contribution in [1.29, 1.82) is 0 Å². The van der Waals surface area contributed by atoms with Gasteiger partial charge in [-0.25, -0.2) is 0 Å². The molecule has 0 spiro atoms. The smallest absolute Gasteiger partial charge is 0.281 e. The molecule has 0 amide bonds. The van der Waals surface area contributed by atoms with Gasteiger partial charge in [-0.05, 0) is 18.8 Å². The van der Waals surface area contributed by atoms with Crippen LogP contribution in [0.3, 0.4) is 0 Å². The van der Waals surface area contributed by atoms with E-state index < -0.39 is 10.2 Å². The molecular formula is C9H21N3O2S. The van der Waals surface area contributed by atoms with E-state index in [9.17, 15) is 8.42 Å². The lowest BCUT2D eigenvalue weighted by atomic mass is 10.2. The Bertz CT molecular complexity index is 300. The van der Waals surface area contributed by atoms with E-state index in [0.29, 0.717) is 19.0 Å². The van der Waals surface area contributed by atoms with E-state index in [0.717, 1.165) is 12.8 Å². The summed E-state index contributed by atoms with van der Waals surface area (Å²) in [5.41, 5.74) is 5.63. The number of hydrogen-bond donors (Lipinski definition) is 1. The van der Waals surface area contributed by atoms with E-state index in [-0.39, 0.29) is 6.04 Å². The standard InChI is InChI=1S/C9H21N3O2S/c1-4-11(2)15(13,14)12(3)9(7-10)8-5-6-8/h8-9H,4-7,10H2,1-3H3. The van der Waals surface area contributed by atoms with Crippen LogP contribution in [0.4, 0.5) is 0 Å². The van der Waals surface area contributed by atoms with E-state index in [1.54, 1.807) is 14.1 Å². The summed E-state index contributed by atoms with van der Waals surface area (Å²) in [5.74, 6) is 0.458. The van der Waals surface area contributed by atoms with E-state index >= 15 is 0 Å². The van der Waals surface area contributed by atoms with Gasteiger partial charge in [0.25, 0.3) is 10.2 Å². The highest BCUT2D eigenvalue weighted by molar-refractivity contribution is 7.86. The third-order valence-electron chi connectivity index (χ3n) is 3.08. The van der Waals surface area contributed by atoms with Gasteiger partial charge in [0.2, 0.25) is 0 Å². The van der Waals surface area contributed by atoms with E-state index in [1.807, 2.05) is 6.92 Å². The Morgan fingerprint density at radius 2 is 1.93 bits per heavy atom. The van der Waals surface area contributed by atoms with Crippen molar-refractivity contribution in [2.24, 2.45) is 11.7 Å². The van der Waals surface area contributed by atoms with E-state index in [4.69, 9.17) is 5.73 Å². The van der Waals surface area contributed by atoms with E-state index in [2.05, 4.69) is 0 Å². The van der Waals surface area contributed by atoms with Gasteiger partial charge in [-0.15, -0.1) is 0 Å². The maximum absolute atomic E-state index is 12.0. The normalized spacial score (nSPS) is 19.9. The topological polar surface area (TPSA) is 66.6 Å². The predicted molar refractivity (Wildman–Crippen MR) is 60.6 cm³/mol. The molecular weight excluding hydrogens is 214 g/mol. The van der Waals surface area contributed by atoms with Crippen molar-refractivity contribution in [2.45, 2.75) is 25.8 Å². The molecule has 1 atom stereocenters. The van der Waals surface area contributed by atoms with Crippen molar-refractivity contribution in [2.75, 3.05) is 27.2 Å². The highest BCUT2D eigenvalue weighted by Crippen LogP contribution is 2.35. The number of nitrogens with zero attached hydrogens (tertiary/aromatic N) is 2. The minimum atomic E-state index is -3.32. The Labute approximate surface area is 92.4 Å². The zero-order chi connectivity index (χ0) is 11.6. The number of hydrogen-bond acceptors (Lipinski definition) is 3. The van der Waals surface area contributed by atoms with Crippen LogP contribution in [-0.4, -0.2) is 50.3 Å². The van der Waals surface area contributed by atoms with Crippen LogP contribution in [0.15, 0.2) is 0 Å². The fourth-order valence-electron chi connectivity index (χ4n) is 1.67. The molecule has 1 aliphatic carbocycles. The van der Waals surface area contributed by atoms with Crippen LogP contribution in [0, 0.1) is 5.92 Å². The fourth-order valence-corrected chi connectivity index (χ4v) is 3.04. The molecule has 0 aromatic heterocycles. The quantitative estimate of drug-likeness (QED) is 0.696. The van der Waals surface area contributed by atoms with Gasteiger partial charge in [-0.2, -0.15) is 17.0 Å². The van der Waals surface area contributed by atoms with Gasteiger partial charge in [-0.3, -0.25) is 0 Å². The van der Waals surface area contributed by atoms with Crippen LogP contribution >= 0.6 is 0 Å². The van der Waals surface area contributed by atoms with Crippen LogP contribution in [0.2, 0.25) is 0 Å². The van der Waals surface area contributed by atoms with Crippen molar-refractivity contribution < 1.29 is 8.42 Å². The van der Waals surface area contributed by atoms with Gasteiger partial charge < -0.3 is 5.73 Å². The Hall–Kier alpha value is -0.170. The molecule has 0 aliphatic heterocycles. The molecule has 6 heteroatoms. The Kier molecular flexibility index (Phi) is 4.11. The molecule has 1 fully saturated rings. The fraction of sp³-hybridized carbons (Fsp3) is 1.00. The summed E-state index contributed by atoms with van der Waals surface area (Å²) in [6.07, 6.45) is 2.19. The summed E-state index contributed by atoms with van der Waals surface area (Å²) in [5, 5.41) is 0. The summed E-state index contributed by atoms with van der Waals surface area (Å²) in [6, 6.07) is -0.0380. The summed E-state index contributed by atoms with van der Waals surface area (Å²) in [6.45, 7) is 2.70. The Balaban J connectivity index is 2.76. The maximum atomic E-state index is 12.0. The summed E-state index contributed by atoms with van der Waals surface area (Å²) >= 11 is 0. The highest BCUT2D eigenvalue weighted by atomic mass is 32.2. The van der Waals surface area contributed by atoms with Gasteiger partial charge in [0, 0.05) is 33.2 Å². The summed E-state index contributed by atoms with van der Waals surface area (Å²) in [4.78, 5) is 0. The van der Waals surface area contributed by atoms with Gasteiger partial charge in [0.05, 0.1) is 0 Å². The second-order valence-corrected chi connectivity index (χ2v) is 6.17. The minimum Gasteiger partial charge on any atom is -0.329 e. The highest BCUT2D eigenvalue weighted by Gasteiger charge is 2.38. The molecule has 5 nitrogen and oxygen atoms in total. The zero-order valence-corrected chi connectivity index (χ0v) is 10.5. The molecule has 0 aromatic carbocycles.